The zero-order valence-corrected chi connectivity index (χ0v) is 19.5. The van der Waals surface area contributed by atoms with Gasteiger partial charge >= 0.3 is 0 Å². The molecule has 2 saturated heterocycles. The number of tetrazole rings is 1. The van der Waals surface area contributed by atoms with Gasteiger partial charge in [-0.2, -0.15) is 21.7 Å². The van der Waals surface area contributed by atoms with Crippen LogP contribution in [-0.4, -0.2) is 78.9 Å². The van der Waals surface area contributed by atoms with E-state index in [1.807, 2.05) is 41.8 Å². The Balaban J connectivity index is 1.19. The van der Waals surface area contributed by atoms with Crippen LogP contribution in [0.4, 0.5) is 4.39 Å². The van der Waals surface area contributed by atoms with Crippen LogP contribution in [-0.2, 0) is 11.2 Å². The van der Waals surface area contributed by atoms with E-state index in [-0.39, 0.29) is 29.2 Å². The van der Waals surface area contributed by atoms with Gasteiger partial charge in [-0.15, -0.1) is 5.10 Å². The van der Waals surface area contributed by atoms with E-state index in [2.05, 4.69) is 25.4 Å². The minimum absolute atomic E-state index is 0.0717. The monoisotopic (exact) mass is 478 g/mol. The Labute approximate surface area is 200 Å². The van der Waals surface area contributed by atoms with Gasteiger partial charge in [0.25, 0.3) is 0 Å². The molecule has 3 aromatic rings. The largest absolute Gasteiger partial charge is 0.339 e. The van der Waals surface area contributed by atoms with Crippen molar-refractivity contribution in [1.82, 2.24) is 35.0 Å². The van der Waals surface area contributed by atoms with Crippen LogP contribution in [0.2, 0.25) is 0 Å². The number of carbonyl (C=O) groups is 1. The number of nitrogens with zero attached hydrogens (tertiary/aromatic N) is 8. The fourth-order valence-electron chi connectivity index (χ4n) is 4.58. The molecule has 2 unspecified atom stereocenters. The van der Waals surface area contributed by atoms with E-state index in [1.54, 1.807) is 12.3 Å². The zero-order valence-electron chi connectivity index (χ0n) is 18.6. The van der Waals surface area contributed by atoms with Gasteiger partial charge in [0.15, 0.2) is 0 Å². The Morgan fingerprint density at radius 2 is 2.15 bits per heavy atom. The number of halogens is 1. The summed E-state index contributed by atoms with van der Waals surface area (Å²) < 4.78 is 15.4. The molecule has 34 heavy (non-hydrogen) atoms. The molecule has 174 valence electrons. The maximum atomic E-state index is 13.9. The fraction of sp³-hybridized carbons (Fsp3) is 0.391. The lowest BCUT2D eigenvalue weighted by atomic mass is 9.99. The van der Waals surface area contributed by atoms with Gasteiger partial charge < -0.3 is 4.90 Å². The highest BCUT2D eigenvalue weighted by Crippen LogP contribution is 2.39. The molecule has 0 bridgehead atoms. The summed E-state index contributed by atoms with van der Waals surface area (Å²) in [5.74, 6) is 0.489. The average molecular weight is 479 g/mol. The fourth-order valence-corrected chi connectivity index (χ4v) is 6.09. The first kappa shape index (κ1) is 22.4. The lowest BCUT2D eigenvalue weighted by Crippen LogP contribution is -2.58. The Morgan fingerprint density at radius 1 is 1.26 bits per heavy atom. The number of benzene rings is 1. The third-order valence-corrected chi connectivity index (χ3v) is 7.90. The van der Waals surface area contributed by atoms with Gasteiger partial charge in [0.05, 0.1) is 23.9 Å². The van der Waals surface area contributed by atoms with Crippen LogP contribution in [0.5, 0.6) is 0 Å². The summed E-state index contributed by atoms with van der Waals surface area (Å²) in [6, 6.07) is 9.15. The molecule has 11 heteroatoms. The molecule has 2 aliphatic rings. The average Bonchev–Trinajstić information content (AvgIpc) is 3.39. The normalized spacial score (nSPS) is 20.6. The van der Waals surface area contributed by atoms with Gasteiger partial charge in [-0.05, 0) is 46.7 Å². The second kappa shape index (κ2) is 9.48. The maximum Gasteiger partial charge on any atom is 0.228 e. The Morgan fingerprint density at radius 3 is 2.88 bits per heavy atom. The molecular formula is C23H23FN8OS. The highest BCUT2D eigenvalue weighted by molar-refractivity contribution is 7.99. The molecule has 0 N–H and O–H groups in total. The van der Waals surface area contributed by atoms with E-state index in [1.165, 1.54) is 17.1 Å². The number of amides is 1. The van der Waals surface area contributed by atoms with Crippen molar-refractivity contribution in [1.29, 1.82) is 5.26 Å². The van der Waals surface area contributed by atoms with Gasteiger partial charge in [-0.1, -0.05) is 6.07 Å². The van der Waals surface area contributed by atoms with Gasteiger partial charge in [0.2, 0.25) is 5.91 Å². The van der Waals surface area contributed by atoms with Crippen LogP contribution in [0.1, 0.15) is 27.6 Å². The van der Waals surface area contributed by atoms with Gasteiger partial charge in [-0.3, -0.25) is 14.7 Å². The minimum atomic E-state index is -0.464. The summed E-state index contributed by atoms with van der Waals surface area (Å²) in [5, 5.41) is 20.5. The maximum absolute atomic E-state index is 13.9. The van der Waals surface area contributed by atoms with E-state index >= 15 is 0 Å². The molecule has 4 heterocycles. The van der Waals surface area contributed by atoms with E-state index in [0.717, 1.165) is 35.7 Å². The van der Waals surface area contributed by atoms with Crippen molar-refractivity contribution in [2.24, 2.45) is 0 Å². The molecule has 5 rings (SSSR count). The highest BCUT2D eigenvalue weighted by atomic mass is 32.2. The van der Waals surface area contributed by atoms with Crippen LogP contribution in [0, 0.1) is 24.1 Å². The van der Waals surface area contributed by atoms with E-state index < -0.39 is 5.82 Å². The molecule has 0 radical (unpaired) electrons. The number of piperazine rings is 1. The van der Waals surface area contributed by atoms with Crippen molar-refractivity contribution in [3.05, 3.63) is 65.0 Å². The molecule has 9 nitrogen and oxygen atoms in total. The van der Waals surface area contributed by atoms with Gasteiger partial charge in [-0.25, -0.2) is 4.39 Å². The van der Waals surface area contributed by atoms with Crippen molar-refractivity contribution in [3.63, 3.8) is 0 Å². The highest BCUT2D eigenvalue weighted by Gasteiger charge is 2.36. The van der Waals surface area contributed by atoms with Crippen LogP contribution < -0.4 is 0 Å². The number of fused-ring (bicyclic) bond motifs is 1. The SMILES string of the molecule is Cc1c(C2CN3CCN(C(=O)Cc4ccc(-n5cnnn5)cn4)CC3CS2)ccc(F)c1C#N. The second-order valence-corrected chi connectivity index (χ2v) is 9.73. The third kappa shape index (κ3) is 4.38. The van der Waals surface area contributed by atoms with E-state index in [4.69, 9.17) is 0 Å². The number of nitriles is 1. The second-order valence-electron chi connectivity index (χ2n) is 8.50. The van der Waals surface area contributed by atoms with Gasteiger partial charge in [0, 0.05) is 48.9 Å². The van der Waals surface area contributed by atoms with E-state index in [0.29, 0.717) is 18.8 Å². The smallest absolute Gasteiger partial charge is 0.228 e. The molecule has 0 saturated carbocycles. The molecule has 2 atom stereocenters. The topological polar surface area (TPSA) is 104 Å². The van der Waals surface area contributed by atoms with Gasteiger partial charge in [0.1, 0.15) is 18.2 Å². The summed E-state index contributed by atoms with van der Waals surface area (Å²) in [6.07, 6.45) is 3.40. The van der Waals surface area contributed by atoms with Crippen LogP contribution in [0.3, 0.4) is 0 Å². The first-order valence-electron chi connectivity index (χ1n) is 11.0. The molecular weight excluding hydrogens is 455 g/mol. The van der Waals surface area contributed by atoms with Crippen molar-refractivity contribution in [2.75, 3.05) is 31.9 Å². The van der Waals surface area contributed by atoms with Crippen LogP contribution in [0.15, 0.2) is 36.8 Å². The van der Waals surface area contributed by atoms with E-state index in [9.17, 15) is 14.4 Å². The number of thioether (sulfide) groups is 1. The predicted octanol–water partition coefficient (Wildman–Crippen LogP) is 1.92. The molecule has 1 amide bonds. The summed E-state index contributed by atoms with van der Waals surface area (Å²) >= 11 is 1.82. The molecule has 0 spiro atoms. The number of pyridine rings is 1. The first-order valence-corrected chi connectivity index (χ1v) is 12.1. The molecule has 2 aliphatic heterocycles. The van der Waals surface area contributed by atoms with Crippen molar-refractivity contribution >= 4 is 17.7 Å². The summed E-state index contributed by atoms with van der Waals surface area (Å²) in [4.78, 5) is 21.7. The summed E-state index contributed by atoms with van der Waals surface area (Å²) in [6.45, 7) is 4.80. The van der Waals surface area contributed by atoms with Crippen molar-refractivity contribution in [3.8, 4) is 11.8 Å². The molecule has 2 aromatic heterocycles. The molecule has 1 aromatic carbocycles. The van der Waals surface area contributed by atoms with Crippen molar-refractivity contribution < 1.29 is 9.18 Å². The summed E-state index contributed by atoms with van der Waals surface area (Å²) in [7, 11) is 0. The lowest BCUT2D eigenvalue weighted by Gasteiger charge is -2.46. The number of hydrogen-bond donors (Lipinski definition) is 0. The number of hydrogen-bond acceptors (Lipinski definition) is 8. The number of rotatable bonds is 4. The molecule has 2 fully saturated rings. The third-order valence-electron chi connectivity index (χ3n) is 6.52. The molecule has 0 aliphatic carbocycles. The van der Waals surface area contributed by atoms with Crippen LogP contribution in [0.25, 0.3) is 5.69 Å². The van der Waals surface area contributed by atoms with Crippen molar-refractivity contribution in [2.45, 2.75) is 24.6 Å². The standard InChI is InChI=1S/C23H23FN8OS/c1-15-19(4-5-21(24)20(15)9-25)22-12-30-6-7-31(11-18(30)13-34-22)23(33)8-16-2-3-17(10-26-16)32-14-27-28-29-32/h2-5,10,14,18,22H,6-8,11-13H2,1H3. The Bertz CT molecular complexity index is 1230. The first-order chi connectivity index (χ1) is 16.5. The number of carbonyl (C=O) groups excluding carboxylic acids is 1. The quantitative estimate of drug-likeness (QED) is 0.560. The van der Waals surface area contributed by atoms with Crippen LogP contribution >= 0.6 is 11.8 Å². The predicted molar refractivity (Wildman–Crippen MR) is 124 cm³/mol. The zero-order chi connectivity index (χ0) is 23.7. The lowest BCUT2D eigenvalue weighted by molar-refractivity contribution is -0.133. The Hall–Kier alpha value is -3.36. The number of aromatic nitrogens is 5. The Kier molecular flexibility index (Phi) is 6.26. The summed E-state index contributed by atoms with van der Waals surface area (Å²) in [5.41, 5.74) is 3.33. The minimum Gasteiger partial charge on any atom is -0.339 e.